The zero-order valence-electron chi connectivity index (χ0n) is 14.6. The van der Waals surface area contributed by atoms with E-state index in [1.165, 1.54) is 0 Å². The van der Waals surface area contributed by atoms with Gasteiger partial charge in [0.05, 0.1) is 18.4 Å². The Bertz CT molecular complexity index is 737. The van der Waals surface area contributed by atoms with Crippen molar-refractivity contribution < 1.29 is 30.0 Å². The number of aliphatic hydroxyl groups excluding tert-OH is 4. The zero-order chi connectivity index (χ0) is 19.2. The first-order valence-electron chi connectivity index (χ1n) is 8.75. The molecule has 3 rings (SSSR count). The van der Waals surface area contributed by atoms with Crippen LogP contribution < -0.4 is 4.84 Å². The second kappa shape index (κ2) is 9.07. The topological polar surface area (TPSA) is 112 Å². The second-order valence-corrected chi connectivity index (χ2v) is 6.38. The first kappa shape index (κ1) is 19.5. The predicted octanol–water partition coefficient (Wildman–Crippen LogP) is 0.702. The van der Waals surface area contributed by atoms with Gasteiger partial charge in [-0.05, 0) is 17.7 Å². The van der Waals surface area contributed by atoms with Crippen LogP contribution in [0.15, 0.2) is 65.8 Å². The van der Waals surface area contributed by atoms with Crippen molar-refractivity contribution in [2.24, 2.45) is 5.16 Å². The Morgan fingerprint density at radius 3 is 2.07 bits per heavy atom. The molecule has 144 valence electrons. The molecule has 1 saturated heterocycles. The van der Waals surface area contributed by atoms with Crippen molar-refractivity contribution in [1.29, 1.82) is 0 Å². The minimum atomic E-state index is -1.42. The third kappa shape index (κ3) is 4.71. The Hall–Kier alpha value is -2.29. The van der Waals surface area contributed by atoms with Gasteiger partial charge in [0.2, 0.25) is 0 Å². The lowest BCUT2D eigenvalue weighted by atomic mass is 9.91. The maximum atomic E-state index is 10.3. The number of rotatable bonds is 6. The number of benzene rings is 2. The molecule has 2 aromatic carbocycles. The highest BCUT2D eigenvalue weighted by molar-refractivity contribution is 6.00. The van der Waals surface area contributed by atoms with Crippen molar-refractivity contribution >= 4 is 5.71 Å². The average Bonchev–Trinajstić information content (AvgIpc) is 2.72. The minimum absolute atomic E-state index is 0.123. The summed E-state index contributed by atoms with van der Waals surface area (Å²) in [4.78, 5) is 5.49. The quantitative estimate of drug-likeness (QED) is 0.438. The first-order chi connectivity index (χ1) is 13.1. The van der Waals surface area contributed by atoms with E-state index < -0.39 is 37.1 Å². The number of hydrogen-bond donors (Lipinski definition) is 4. The summed E-state index contributed by atoms with van der Waals surface area (Å²) in [6, 6.07) is 18.3. The van der Waals surface area contributed by atoms with Crippen molar-refractivity contribution in [3.63, 3.8) is 0 Å². The molecule has 0 aromatic heterocycles. The highest BCUT2D eigenvalue weighted by atomic mass is 16.6. The van der Waals surface area contributed by atoms with Crippen LogP contribution in [0.25, 0.3) is 0 Å². The number of para-hydroxylation sites is 1. The molecule has 1 fully saturated rings. The molecule has 0 unspecified atom stereocenters. The Morgan fingerprint density at radius 2 is 1.44 bits per heavy atom. The van der Waals surface area contributed by atoms with E-state index in [2.05, 4.69) is 5.16 Å². The van der Waals surface area contributed by atoms with E-state index in [1.807, 2.05) is 48.5 Å². The zero-order valence-corrected chi connectivity index (χ0v) is 14.6. The molecular formula is C20H23NO6. The fourth-order valence-electron chi connectivity index (χ4n) is 2.97. The first-order valence-corrected chi connectivity index (χ1v) is 8.75. The molecule has 1 aliphatic heterocycles. The summed E-state index contributed by atoms with van der Waals surface area (Å²) in [5.74, 6) is 0.555. The normalized spacial score (nSPS) is 28.7. The van der Waals surface area contributed by atoms with Gasteiger partial charge in [0.1, 0.15) is 24.4 Å². The van der Waals surface area contributed by atoms with Crippen molar-refractivity contribution in [3.8, 4) is 5.75 Å². The van der Waals surface area contributed by atoms with Crippen molar-refractivity contribution in [2.75, 3.05) is 6.61 Å². The van der Waals surface area contributed by atoms with Crippen LogP contribution in [0.2, 0.25) is 0 Å². The third-order valence-corrected chi connectivity index (χ3v) is 4.50. The standard InChI is InChI=1S/C20H23NO6/c22-12-17-19(24)20(25)18(23)16(26-17)11-15(13-7-3-1-4-8-13)21-27-14-9-5-2-6-10-14/h1-10,16-20,22-25H,11-12H2/b21-15-/t16-,17+,18+,19+,20+/m0/s1. The van der Waals surface area contributed by atoms with E-state index in [0.717, 1.165) is 5.56 Å². The van der Waals surface area contributed by atoms with Crippen LogP contribution in [0, 0.1) is 0 Å². The summed E-state index contributed by atoms with van der Waals surface area (Å²) in [5.41, 5.74) is 1.27. The van der Waals surface area contributed by atoms with Crippen LogP contribution in [0.4, 0.5) is 0 Å². The molecule has 1 aliphatic rings. The third-order valence-electron chi connectivity index (χ3n) is 4.50. The Balaban J connectivity index is 1.83. The van der Waals surface area contributed by atoms with E-state index >= 15 is 0 Å². The smallest absolute Gasteiger partial charge is 0.157 e. The van der Waals surface area contributed by atoms with Gasteiger partial charge in [-0.2, -0.15) is 0 Å². The van der Waals surface area contributed by atoms with Gasteiger partial charge < -0.3 is 30.0 Å². The largest absolute Gasteiger partial charge is 0.394 e. The second-order valence-electron chi connectivity index (χ2n) is 6.38. The highest BCUT2D eigenvalue weighted by Gasteiger charge is 2.43. The summed E-state index contributed by atoms with van der Waals surface area (Å²) >= 11 is 0. The van der Waals surface area contributed by atoms with Crippen LogP contribution in [-0.4, -0.2) is 63.3 Å². The lowest BCUT2D eigenvalue weighted by Gasteiger charge is -2.40. The summed E-state index contributed by atoms with van der Waals surface area (Å²) in [5, 5.41) is 43.8. The van der Waals surface area contributed by atoms with Gasteiger partial charge in [0.15, 0.2) is 5.75 Å². The number of ether oxygens (including phenoxy) is 1. The molecule has 5 atom stereocenters. The summed E-state index contributed by atoms with van der Waals surface area (Å²) in [6.45, 7) is -0.472. The van der Waals surface area contributed by atoms with Crippen LogP contribution in [0.3, 0.4) is 0 Å². The van der Waals surface area contributed by atoms with Gasteiger partial charge >= 0.3 is 0 Å². The van der Waals surface area contributed by atoms with Gasteiger partial charge in [-0.25, -0.2) is 0 Å². The number of aliphatic hydroxyl groups is 4. The molecule has 0 bridgehead atoms. The maximum absolute atomic E-state index is 10.3. The predicted molar refractivity (Wildman–Crippen MR) is 98.4 cm³/mol. The average molecular weight is 373 g/mol. The maximum Gasteiger partial charge on any atom is 0.157 e. The molecule has 1 heterocycles. The molecule has 0 aliphatic carbocycles. The summed E-state index contributed by atoms with van der Waals surface area (Å²) < 4.78 is 5.59. The van der Waals surface area contributed by atoms with E-state index in [1.54, 1.807) is 12.1 Å². The fraction of sp³-hybridized carbons (Fsp3) is 0.350. The van der Waals surface area contributed by atoms with Gasteiger partial charge in [-0.15, -0.1) is 0 Å². The molecular weight excluding hydrogens is 350 g/mol. The van der Waals surface area contributed by atoms with Crippen molar-refractivity contribution in [3.05, 3.63) is 66.2 Å². The van der Waals surface area contributed by atoms with E-state index in [-0.39, 0.29) is 6.42 Å². The van der Waals surface area contributed by atoms with Crippen LogP contribution >= 0.6 is 0 Å². The van der Waals surface area contributed by atoms with Crippen LogP contribution in [-0.2, 0) is 4.74 Å². The number of nitrogens with zero attached hydrogens (tertiary/aromatic N) is 1. The molecule has 4 N–H and O–H groups in total. The van der Waals surface area contributed by atoms with Crippen LogP contribution in [0.1, 0.15) is 12.0 Å². The molecule has 7 heteroatoms. The van der Waals surface area contributed by atoms with Crippen molar-refractivity contribution in [2.45, 2.75) is 36.9 Å². The molecule has 0 spiro atoms. The monoisotopic (exact) mass is 373 g/mol. The van der Waals surface area contributed by atoms with E-state index in [9.17, 15) is 20.4 Å². The van der Waals surface area contributed by atoms with E-state index in [4.69, 9.17) is 9.57 Å². The minimum Gasteiger partial charge on any atom is -0.394 e. The van der Waals surface area contributed by atoms with Gasteiger partial charge in [-0.1, -0.05) is 53.7 Å². The Labute approximate surface area is 157 Å². The molecule has 2 aromatic rings. The molecule has 0 radical (unpaired) electrons. The number of hydrogen-bond acceptors (Lipinski definition) is 7. The summed E-state index contributed by atoms with van der Waals surface area (Å²) in [7, 11) is 0. The van der Waals surface area contributed by atoms with Crippen molar-refractivity contribution in [1.82, 2.24) is 0 Å². The highest BCUT2D eigenvalue weighted by Crippen LogP contribution is 2.25. The van der Waals surface area contributed by atoms with E-state index in [0.29, 0.717) is 11.5 Å². The summed E-state index contributed by atoms with van der Waals surface area (Å²) in [6.07, 6.45) is -5.84. The molecule has 7 nitrogen and oxygen atoms in total. The fourth-order valence-corrected chi connectivity index (χ4v) is 2.97. The molecule has 0 amide bonds. The van der Waals surface area contributed by atoms with Gasteiger partial charge in [0.25, 0.3) is 0 Å². The van der Waals surface area contributed by atoms with Crippen LogP contribution in [0.5, 0.6) is 5.75 Å². The molecule has 27 heavy (non-hydrogen) atoms. The lowest BCUT2D eigenvalue weighted by molar-refractivity contribution is -0.227. The lowest BCUT2D eigenvalue weighted by Crippen LogP contribution is -2.58. The Morgan fingerprint density at radius 1 is 0.852 bits per heavy atom. The Kier molecular flexibility index (Phi) is 6.54. The molecule has 0 saturated carbocycles. The number of oxime groups is 1. The van der Waals surface area contributed by atoms with Gasteiger partial charge in [-0.3, -0.25) is 0 Å². The van der Waals surface area contributed by atoms with Gasteiger partial charge in [0, 0.05) is 6.42 Å². The SMILES string of the molecule is OC[C@H]1O[C@@H](C/C(=N/Oc2ccccc2)c2ccccc2)[C@@H](O)[C@@H](O)[C@@H]1O.